The molecule has 1 amide bonds. The van der Waals surface area contributed by atoms with Crippen LogP contribution in [-0.4, -0.2) is 21.1 Å². The number of rotatable bonds is 4. The maximum Gasteiger partial charge on any atom is 0.238 e. The summed E-state index contributed by atoms with van der Waals surface area (Å²) in [7, 11) is 0. The molecule has 24 heavy (non-hydrogen) atoms. The van der Waals surface area contributed by atoms with Gasteiger partial charge in [0.2, 0.25) is 5.91 Å². The van der Waals surface area contributed by atoms with Crippen LogP contribution in [-0.2, 0) is 4.79 Å². The van der Waals surface area contributed by atoms with Crippen LogP contribution in [0.5, 0.6) is 0 Å². The van der Waals surface area contributed by atoms with E-state index in [1.54, 1.807) is 11.4 Å². The van der Waals surface area contributed by atoms with Crippen LogP contribution < -0.4 is 5.32 Å². The van der Waals surface area contributed by atoms with E-state index in [0.29, 0.717) is 16.4 Å². The second-order valence-electron chi connectivity index (χ2n) is 5.12. The van der Waals surface area contributed by atoms with Crippen molar-refractivity contribution in [2.75, 3.05) is 5.32 Å². The molecule has 1 atom stereocenters. The lowest BCUT2D eigenvalue weighted by Crippen LogP contribution is -2.22. The van der Waals surface area contributed by atoms with Gasteiger partial charge in [-0.25, -0.2) is 9.97 Å². The summed E-state index contributed by atoms with van der Waals surface area (Å²) in [6, 6.07) is 11.5. The molecule has 0 unspecified atom stereocenters. The van der Waals surface area contributed by atoms with E-state index in [1.807, 2.05) is 38.1 Å². The summed E-state index contributed by atoms with van der Waals surface area (Å²) in [6.07, 6.45) is 0. The summed E-state index contributed by atoms with van der Waals surface area (Å²) in [5.74, 6) is 0.521. The second kappa shape index (κ2) is 6.99. The number of carbonyl (C=O) groups is 1. The van der Waals surface area contributed by atoms with Gasteiger partial charge in [-0.3, -0.25) is 4.79 Å². The lowest BCUT2D eigenvalue weighted by Gasteiger charge is -2.12. The van der Waals surface area contributed by atoms with Gasteiger partial charge in [-0.2, -0.15) is 5.26 Å². The Morgan fingerprint density at radius 1 is 1.33 bits per heavy atom. The Hall–Kier alpha value is -2.43. The van der Waals surface area contributed by atoms with Crippen LogP contribution in [0.2, 0.25) is 0 Å². The SMILES string of the molecule is Cc1nc(S[C@H](C)C(=O)Nc2sccc2C#N)c2ccccc2n1. The summed E-state index contributed by atoms with van der Waals surface area (Å²) in [5, 5.41) is 15.6. The van der Waals surface area contributed by atoms with Gasteiger partial charge in [0.25, 0.3) is 0 Å². The smallest absolute Gasteiger partial charge is 0.238 e. The van der Waals surface area contributed by atoms with E-state index in [4.69, 9.17) is 5.26 Å². The number of hydrogen-bond acceptors (Lipinski definition) is 6. The van der Waals surface area contributed by atoms with E-state index >= 15 is 0 Å². The number of thioether (sulfide) groups is 1. The third-order valence-corrected chi connectivity index (χ3v) is 5.29. The van der Waals surface area contributed by atoms with Crippen molar-refractivity contribution in [2.45, 2.75) is 24.1 Å². The minimum absolute atomic E-state index is 0.153. The van der Waals surface area contributed by atoms with Crippen molar-refractivity contribution >= 4 is 44.9 Å². The molecule has 0 saturated heterocycles. The summed E-state index contributed by atoms with van der Waals surface area (Å²) >= 11 is 2.73. The summed E-state index contributed by atoms with van der Waals surface area (Å²) in [4.78, 5) is 21.3. The number of benzene rings is 1. The molecule has 120 valence electrons. The maximum atomic E-state index is 12.4. The Bertz CT molecular complexity index is 945. The number of fused-ring (bicyclic) bond motifs is 1. The average Bonchev–Trinajstić information content (AvgIpc) is 3.01. The van der Waals surface area contributed by atoms with E-state index in [0.717, 1.165) is 15.9 Å². The minimum Gasteiger partial charge on any atom is -0.316 e. The lowest BCUT2D eigenvalue weighted by molar-refractivity contribution is -0.115. The number of amides is 1. The molecule has 2 heterocycles. The fourth-order valence-corrected chi connectivity index (χ4v) is 3.90. The monoisotopic (exact) mass is 354 g/mol. The molecule has 0 bridgehead atoms. The van der Waals surface area contributed by atoms with E-state index < -0.39 is 0 Å². The van der Waals surface area contributed by atoms with Crippen LogP contribution >= 0.6 is 23.1 Å². The molecule has 0 saturated carbocycles. The van der Waals surface area contributed by atoms with Crippen molar-refractivity contribution in [1.29, 1.82) is 5.26 Å². The van der Waals surface area contributed by atoms with Crippen molar-refractivity contribution in [3.05, 3.63) is 47.1 Å². The van der Waals surface area contributed by atoms with Gasteiger partial charge in [-0.1, -0.05) is 30.0 Å². The molecule has 1 aromatic carbocycles. The van der Waals surface area contributed by atoms with Crippen LogP contribution in [0.25, 0.3) is 10.9 Å². The number of aromatic nitrogens is 2. The van der Waals surface area contributed by atoms with E-state index in [1.165, 1.54) is 23.1 Å². The lowest BCUT2D eigenvalue weighted by atomic mass is 10.2. The second-order valence-corrected chi connectivity index (χ2v) is 7.36. The molecule has 0 fully saturated rings. The molecule has 5 nitrogen and oxygen atoms in total. The van der Waals surface area contributed by atoms with Gasteiger partial charge in [0.15, 0.2) is 0 Å². The molecule has 0 aliphatic rings. The number of nitrogens with one attached hydrogen (secondary N) is 1. The van der Waals surface area contributed by atoms with Crippen molar-refractivity contribution < 1.29 is 4.79 Å². The number of aryl methyl sites for hydroxylation is 1. The molecule has 0 aliphatic carbocycles. The number of hydrogen-bond donors (Lipinski definition) is 1. The number of para-hydroxylation sites is 1. The van der Waals surface area contributed by atoms with Crippen molar-refractivity contribution in [3.8, 4) is 6.07 Å². The van der Waals surface area contributed by atoms with Gasteiger partial charge in [0.05, 0.1) is 16.3 Å². The first-order valence-electron chi connectivity index (χ1n) is 7.27. The van der Waals surface area contributed by atoms with Gasteiger partial charge in [0.1, 0.15) is 21.9 Å². The Morgan fingerprint density at radius 2 is 2.12 bits per heavy atom. The number of thiophene rings is 1. The van der Waals surface area contributed by atoms with Gasteiger partial charge in [-0.15, -0.1) is 11.3 Å². The van der Waals surface area contributed by atoms with Crippen LogP contribution in [0.3, 0.4) is 0 Å². The normalized spacial score (nSPS) is 11.9. The number of nitrogens with zero attached hydrogens (tertiary/aromatic N) is 3. The van der Waals surface area contributed by atoms with Crippen LogP contribution in [0.15, 0.2) is 40.7 Å². The van der Waals surface area contributed by atoms with E-state index in [-0.39, 0.29) is 11.2 Å². The molecular weight excluding hydrogens is 340 g/mol. The first kappa shape index (κ1) is 16.4. The highest BCUT2D eigenvalue weighted by atomic mass is 32.2. The molecule has 3 aromatic rings. The molecule has 0 aliphatic heterocycles. The van der Waals surface area contributed by atoms with Gasteiger partial charge in [-0.05, 0) is 31.4 Å². The van der Waals surface area contributed by atoms with Crippen LogP contribution in [0.1, 0.15) is 18.3 Å². The van der Waals surface area contributed by atoms with E-state index in [9.17, 15) is 4.79 Å². The minimum atomic E-state index is -0.351. The highest BCUT2D eigenvalue weighted by Crippen LogP contribution is 2.30. The zero-order valence-electron chi connectivity index (χ0n) is 13.1. The highest BCUT2D eigenvalue weighted by Gasteiger charge is 2.19. The van der Waals surface area contributed by atoms with Gasteiger partial charge < -0.3 is 5.32 Å². The maximum absolute atomic E-state index is 12.4. The molecule has 2 aromatic heterocycles. The predicted octanol–water partition coefficient (Wildman–Crippen LogP) is 3.99. The quantitative estimate of drug-likeness (QED) is 0.566. The predicted molar refractivity (Wildman–Crippen MR) is 97.3 cm³/mol. The third kappa shape index (κ3) is 3.40. The van der Waals surface area contributed by atoms with Crippen LogP contribution in [0, 0.1) is 18.3 Å². The molecule has 0 spiro atoms. The van der Waals surface area contributed by atoms with Crippen molar-refractivity contribution in [2.24, 2.45) is 0 Å². The fraction of sp³-hybridized carbons (Fsp3) is 0.176. The Morgan fingerprint density at radius 3 is 2.92 bits per heavy atom. The molecule has 0 radical (unpaired) electrons. The van der Waals surface area contributed by atoms with Gasteiger partial charge >= 0.3 is 0 Å². The number of anilines is 1. The Balaban J connectivity index is 1.81. The summed E-state index contributed by atoms with van der Waals surface area (Å²) < 4.78 is 0. The molecule has 7 heteroatoms. The topological polar surface area (TPSA) is 78.7 Å². The zero-order valence-corrected chi connectivity index (χ0v) is 14.7. The summed E-state index contributed by atoms with van der Waals surface area (Å²) in [5.41, 5.74) is 1.35. The number of carbonyl (C=O) groups excluding carboxylic acids is 1. The van der Waals surface area contributed by atoms with E-state index in [2.05, 4.69) is 21.4 Å². The largest absolute Gasteiger partial charge is 0.316 e. The molecule has 1 N–H and O–H groups in total. The standard InChI is InChI=1S/C17H14N4OS2/c1-10(15(22)21-16-12(9-18)7-8-23-16)24-17-13-5-3-4-6-14(13)19-11(2)20-17/h3-8,10H,1-2H3,(H,21,22)/t10-/m1/s1. The van der Waals surface area contributed by atoms with Gasteiger partial charge in [0, 0.05) is 5.39 Å². The molecule has 3 rings (SSSR count). The third-order valence-electron chi connectivity index (χ3n) is 3.36. The fourth-order valence-electron chi connectivity index (χ4n) is 2.18. The van der Waals surface area contributed by atoms with Crippen LogP contribution in [0.4, 0.5) is 5.00 Å². The number of nitriles is 1. The first-order chi connectivity index (χ1) is 11.6. The highest BCUT2D eigenvalue weighted by molar-refractivity contribution is 8.00. The first-order valence-corrected chi connectivity index (χ1v) is 9.03. The summed E-state index contributed by atoms with van der Waals surface area (Å²) in [6.45, 7) is 3.66. The van der Waals surface area contributed by atoms with Crippen molar-refractivity contribution in [3.63, 3.8) is 0 Å². The van der Waals surface area contributed by atoms with Crippen molar-refractivity contribution in [1.82, 2.24) is 9.97 Å². The Labute approximate surface area is 147 Å². The Kier molecular flexibility index (Phi) is 4.79. The average molecular weight is 354 g/mol. The molecular formula is C17H14N4OS2. The zero-order chi connectivity index (χ0) is 17.1.